The van der Waals surface area contributed by atoms with Crippen molar-refractivity contribution in [3.63, 3.8) is 0 Å². The fourth-order valence-corrected chi connectivity index (χ4v) is 5.79. The van der Waals surface area contributed by atoms with E-state index in [9.17, 15) is 34.8 Å². The molecule has 0 aliphatic heterocycles. The third kappa shape index (κ3) is 3.60. The summed E-state index contributed by atoms with van der Waals surface area (Å²) in [5.41, 5.74) is 2.79. The molecule has 9 nitrogen and oxygen atoms in total. The predicted molar refractivity (Wildman–Crippen MR) is 130 cm³/mol. The van der Waals surface area contributed by atoms with Gasteiger partial charge in [0.25, 0.3) is 5.91 Å². The summed E-state index contributed by atoms with van der Waals surface area (Å²) < 4.78 is 0. The summed E-state index contributed by atoms with van der Waals surface area (Å²) in [4.78, 5) is 40.4. The Morgan fingerprint density at radius 1 is 1.22 bits per heavy atom. The van der Waals surface area contributed by atoms with Crippen LogP contribution in [-0.4, -0.2) is 68.5 Å². The number of benzene rings is 1. The van der Waals surface area contributed by atoms with Gasteiger partial charge in [-0.3, -0.25) is 19.3 Å². The first-order valence-corrected chi connectivity index (χ1v) is 11.9. The number of carbonyl (C=O) groups is 3. The Balaban J connectivity index is 1.90. The molecule has 0 aromatic heterocycles. The van der Waals surface area contributed by atoms with Crippen LogP contribution in [0.5, 0.6) is 5.75 Å². The number of primary amides is 1. The number of nitrogens with zero attached hydrogens (tertiary/aromatic N) is 1. The first-order chi connectivity index (χ1) is 17.0. The van der Waals surface area contributed by atoms with Crippen molar-refractivity contribution in [2.24, 2.45) is 17.6 Å². The SMILES string of the molecule is CCCCC#Cc1ccc(O)c2c1CC1CC3C(N(C)C)C(O)=C(C(N)=O)C(=O)C3(O)C(O)=C1C2=O. The highest BCUT2D eigenvalue weighted by molar-refractivity contribution is 6.24. The van der Waals surface area contributed by atoms with E-state index >= 15 is 0 Å². The smallest absolute Gasteiger partial charge is 0.255 e. The molecule has 0 saturated heterocycles. The third-order valence-corrected chi connectivity index (χ3v) is 7.48. The Hall–Kier alpha value is -3.61. The number of Topliss-reactive ketones (excluding diaryl/α,β-unsaturated/α-hetero) is 2. The summed E-state index contributed by atoms with van der Waals surface area (Å²) >= 11 is 0. The van der Waals surface area contributed by atoms with Crippen LogP contribution < -0.4 is 5.73 Å². The van der Waals surface area contributed by atoms with Gasteiger partial charge in [-0.05, 0) is 57.0 Å². The number of phenols is 1. The molecule has 1 aromatic carbocycles. The number of aromatic hydroxyl groups is 1. The van der Waals surface area contributed by atoms with Crippen molar-refractivity contribution in [3.8, 4) is 17.6 Å². The number of hydrogen-bond donors (Lipinski definition) is 5. The number of hydrogen-bond acceptors (Lipinski definition) is 8. The van der Waals surface area contributed by atoms with E-state index in [2.05, 4.69) is 18.8 Å². The highest BCUT2D eigenvalue weighted by atomic mass is 16.3. The number of likely N-dealkylation sites (N-methyl/N-ethyl adjacent to an activating group) is 1. The van der Waals surface area contributed by atoms with Crippen molar-refractivity contribution in [3.05, 3.63) is 51.5 Å². The van der Waals surface area contributed by atoms with Gasteiger partial charge in [0.1, 0.15) is 22.8 Å². The molecule has 190 valence electrons. The maximum absolute atomic E-state index is 13.6. The van der Waals surface area contributed by atoms with Gasteiger partial charge in [-0.15, -0.1) is 0 Å². The maximum Gasteiger partial charge on any atom is 0.255 e. The molecule has 0 bridgehead atoms. The van der Waals surface area contributed by atoms with Crippen molar-refractivity contribution in [2.75, 3.05) is 14.1 Å². The summed E-state index contributed by atoms with van der Waals surface area (Å²) in [5.74, 6) is -0.474. The minimum absolute atomic E-state index is 0.0296. The average molecular weight is 495 g/mol. The minimum Gasteiger partial charge on any atom is -0.510 e. The van der Waals surface area contributed by atoms with Gasteiger partial charge < -0.3 is 26.2 Å². The number of allylic oxidation sites excluding steroid dienone is 1. The minimum atomic E-state index is -2.64. The quantitative estimate of drug-likeness (QED) is 0.240. The summed E-state index contributed by atoms with van der Waals surface area (Å²) in [5, 5.41) is 44.2. The molecule has 4 unspecified atom stereocenters. The lowest BCUT2D eigenvalue weighted by Crippen LogP contribution is -2.63. The maximum atomic E-state index is 13.6. The number of carbonyl (C=O) groups excluding carboxylic acids is 3. The Morgan fingerprint density at radius 3 is 2.53 bits per heavy atom. The van der Waals surface area contributed by atoms with Gasteiger partial charge in [-0.2, -0.15) is 0 Å². The predicted octanol–water partition coefficient (Wildman–Crippen LogP) is 1.66. The van der Waals surface area contributed by atoms with Gasteiger partial charge in [0.2, 0.25) is 5.78 Å². The third-order valence-electron chi connectivity index (χ3n) is 7.48. The van der Waals surface area contributed by atoms with Crippen molar-refractivity contribution in [1.29, 1.82) is 0 Å². The lowest BCUT2D eigenvalue weighted by atomic mass is 9.58. The molecule has 0 saturated carbocycles. The molecule has 1 amide bonds. The monoisotopic (exact) mass is 494 g/mol. The van der Waals surface area contributed by atoms with E-state index in [0.29, 0.717) is 17.5 Å². The van der Waals surface area contributed by atoms with Crippen LogP contribution in [0.25, 0.3) is 0 Å². The summed E-state index contributed by atoms with van der Waals surface area (Å²) in [6.45, 7) is 2.06. The Morgan fingerprint density at radius 2 is 1.92 bits per heavy atom. The van der Waals surface area contributed by atoms with E-state index in [1.807, 2.05) is 0 Å². The molecule has 36 heavy (non-hydrogen) atoms. The second kappa shape index (κ2) is 9.12. The number of fused-ring (bicyclic) bond motifs is 3. The topological polar surface area (TPSA) is 161 Å². The number of ketones is 2. The number of rotatable bonds is 4. The number of unbranched alkanes of at least 4 members (excludes halogenated alkanes) is 2. The fourth-order valence-electron chi connectivity index (χ4n) is 5.79. The Kier molecular flexibility index (Phi) is 6.45. The molecule has 6 N–H and O–H groups in total. The molecule has 9 heteroatoms. The molecule has 0 spiro atoms. The zero-order valence-corrected chi connectivity index (χ0v) is 20.5. The second-order valence-electron chi connectivity index (χ2n) is 9.85. The summed E-state index contributed by atoms with van der Waals surface area (Å²) in [7, 11) is 3.19. The van der Waals surface area contributed by atoms with Crippen LogP contribution in [0.15, 0.2) is 34.8 Å². The molecule has 0 radical (unpaired) electrons. The van der Waals surface area contributed by atoms with Gasteiger partial charge in [0.05, 0.1) is 11.6 Å². The highest BCUT2D eigenvalue weighted by Gasteiger charge is 2.63. The van der Waals surface area contributed by atoms with Crippen LogP contribution in [0.1, 0.15) is 54.1 Å². The lowest BCUT2D eigenvalue weighted by Gasteiger charge is -2.50. The second-order valence-corrected chi connectivity index (χ2v) is 9.85. The number of aliphatic hydroxyl groups excluding tert-OH is 2. The number of phenolic OH excluding ortho intramolecular Hbond substituents is 1. The summed E-state index contributed by atoms with van der Waals surface area (Å²) in [6.07, 6.45) is 2.88. The Labute approximate surface area is 208 Å². The molecule has 3 aliphatic rings. The van der Waals surface area contributed by atoms with Gasteiger partial charge in [0, 0.05) is 23.5 Å². The van der Waals surface area contributed by atoms with Gasteiger partial charge in [-0.25, -0.2) is 0 Å². The van der Waals surface area contributed by atoms with Crippen LogP contribution in [0.2, 0.25) is 0 Å². The molecular weight excluding hydrogens is 464 g/mol. The Bertz CT molecular complexity index is 1300. The molecule has 1 aromatic rings. The molecule has 4 atom stereocenters. The van der Waals surface area contributed by atoms with Crippen LogP contribution in [0, 0.1) is 23.7 Å². The lowest BCUT2D eigenvalue weighted by molar-refractivity contribution is -0.148. The van der Waals surface area contributed by atoms with Crippen LogP contribution in [-0.2, 0) is 16.0 Å². The normalized spacial score (nSPS) is 27.3. The zero-order valence-electron chi connectivity index (χ0n) is 20.5. The molecule has 0 fully saturated rings. The first kappa shape index (κ1) is 25.5. The number of amides is 1. The van der Waals surface area contributed by atoms with E-state index in [0.717, 1.165) is 12.8 Å². The standard InChI is InChI=1S/C27H30N2O7/c1-4-5-6-7-8-13-9-10-17(30)19-15(13)11-14-12-16-21(29(2)3)23(32)20(26(28)35)25(34)27(16,36)24(33)18(14)22(19)31/h9-10,14,16,21,30,32-33,36H,4-6,11-12H2,1-3H3,(H2,28,35). The van der Waals surface area contributed by atoms with E-state index in [-0.39, 0.29) is 29.7 Å². The molecule has 3 aliphatic carbocycles. The first-order valence-electron chi connectivity index (χ1n) is 11.9. The fraction of sp³-hybridized carbons (Fsp3) is 0.444. The van der Waals surface area contributed by atoms with Gasteiger partial charge in [0.15, 0.2) is 11.4 Å². The van der Waals surface area contributed by atoms with Crippen molar-refractivity contribution in [2.45, 2.75) is 50.7 Å². The van der Waals surface area contributed by atoms with Gasteiger partial charge in [-0.1, -0.05) is 25.2 Å². The summed E-state index contributed by atoms with van der Waals surface area (Å²) in [6, 6.07) is 1.99. The molecule has 0 heterocycles. The van der Waals surface area contributed by atoms with Gasteiger partial charge >= 0.3 is 0 Å². The van der Waals surface area contributed by atoms with Crippen molar-refractivity contribution >= 4 is 17.5 Å². The molecular formula is C27H30N2O7. The van der Waals surface area contributed by atoms with Crippen LogP contribution >= 0.6 is 0 Å². The molecule has 4 rings (SSSR count). The number of aliphatic hydroxyl groups is 3. The van der Waals surface area contributed by atoms with Crippen molar-refractivity contribution in [1.82, 2.24) is 4.90 Å². The van der Waals surface area contributed by atoms with Crippen LogP contribution in [0.3, 0.4) is 0 Å². The number of nitrogens with two attached hydrogens (primary N) is 1. The largest absolute Gasteiger partial charge is 0.510 e. The van der Waals surface area contributed by atoms with E-state index in [1.165, 1.54) is 11.0 Å². The zero-order chi connectivity index (χ0) is 26.5. The average Bonchev–Trinajstić information content (AvgIpc) is 2.80. The van der Waals surface area contributed by atoms with E-state index in [1.54, 1.807) is 20.2 Å². The van der Waals surface area contributed by atoms with Crippen LogP contribution in [0.4, 0.5) is 0 Å². The highest BCUT2D eigenvalue weighted by Crippen LogP contribution is 2.52. The van der Waals surface area contributed by atoms with E-state index in [4.69, 9.17) is 5.73 Å². The van der Waals surface area contributed by atoms with E-state index < -0.39 is 58.0 Å². The van der Waals surface area contributed by atoms with Crippen molar-refractivity contribution < 1.29 is 34.8 Å².